The van der Waals surface area contributed by atoms with Crippen LogP contribution in [0.3, 0.4) is 0 Å². The van der Waals surface area contributed by atoms with Gasteiger partial charge in [-0.25, -0.2) is 3.63 Å². The third-order valence-electron chi connectivity index (χ3n) is 7.66. The van der Waals surface area contributed by atoms with Crippen LogP contribution >= 0.6 is 24.1 Å². The zero-order valence-corrected chi connectivity index (χ0v) is 28.7. The Kier molecular flexibility index (Phi) is 34.5. The molecule has 0 fully saturated rings. The topological polar surface area (TPSA) is 9.23 Å². The molecule has 0 heterocycles. The third-order valence-corrected chi connectivity index (χ3v) is 9.57. The molecule has 0 aromatic heterocycles. The normalized spacial score (nSPS) is 13.6. The molecule has 0 saturated carbocycles. The van der Waals surface area contributed by atoms with E-state index in [-0.39, 0.29) is 0 Å². The van der Waals surface area contributed by atoms with E-state index >= 15 is 0 Å². The van der Waals surface area contributed by atoms with Gasteiger partial charge in [0.25, 0.3) is 0 Å². The Morgan fingerprint density at radius 3 is 1.05 bits per heavy atom. The van der Waals surface area contributed by atoms with Crippen LogP contribution in [0.5, 0.6) is 0 Å². The second-order valence-corrected chi connectivity index (χ2v) is 13.9. The molecule has 0 rings (SSSR count). The molecule has 232 valence electrons. The van der Waals surface area contributed by atoms with Crippen LogP contribution in [0.4, 0.5) is 0 Å². The number of hydrogen-bond acceptors (Lipinski definition) is 3. The van der Waals surface area contributed by atoms with Crippen molar-refractivity contribution in [1.29, 1.82) is 0 Å². The average Bonchev–Trinajstić information content (AvgIpc) is 2.95. The summed E-state index contributed by atoms with van der Waals surface area (Å²) in [5.41, 5.74) is 0. The molecule has 3 heteroatoms. The molecule has 39 heavy (non-hydrogen) atoms. The summed E-state index contributed by atoms with van der Waals surface area (Å²) in [6.07, 6.45) is 44.9. The first-order valence-corrected chi connectivity index (χ1v) is 19.2. The molecular weight excluding hydrogens is 513 g/mol. The summed E-state index contributed by atoms with van der Waals surface area (Å²) in [6.45, 7) is 9.17. The molecular formula is C36H70OS2. The molecule has 2 atom stereocenters. The number of unbranched alkanes of at least 4 members (excludes halogenated alkanes) is 20. The van der Waals surface area contributed by atoms with E-state index in [9.17, 15) is 0 Å². The lowest BCUT2D eigenvalue weighted by Gasteiger charge is -2.15. The molecule has 0 saturated heterocycles. The van der Waals surface area contributed by atoms with E-state index in [1.807, 2.05) is 0 Å². The molecule has 2 unspecified atom stereocenters. The maximum atomic E-state index is 6.27. The standard InChI is InChI=1S/C36H70OS2/c1-5-9-13-17-19-21-23-25-29-33-35(31-27-15-11-7-3)38-37-39-36(32-28-16-12-8-4)34-30-26-24-22-20-18-14-10-6-2/h27-28,31-32,35-36H,5-26,29-30,33-34H2,1-4H3. The van der Waals surface area contributed by atoms with Crippen LogP contribution in [0.15, 0.2) is 24.3 Å². The Bertz CT molecular complexity index is 460. The molecule has 0 aliphatic heterocycles. The first kappa shape index (κ1) is 39.1. The lowest BCUT2D eigenvalue weighted by atomic mass is 10.1. The van der Waals surface area contributed by atoms with Crippen molar-refractivity contribution in [2.75, 3.05) is 0 Å². The summed E-state index contributed by atoms with van der Waals surface area (Å²) in [4.78, 5) is 0. The summed E-state index contributed by atoms with van der Waals surface area (Å²) in [5, 5.41) is 0.993. The number of hydrogen-bond donors (Lipinski definition) is 0. The predicted molar refractivity (Wildman–Crippen MR) is 185 cm³/mol. The van der Waals surface area contributed by atoms with Gasteiger partial charge in [0.15, 0.2) is 0 Å². The van der Waals surface area contributed by atoms with Crippen LogP contribution in [0.25, 0.3) is 0 Å². The molecule has 0 N–H and O–H groups in total. The summed E-state index contributed by atoms with van der Waals surface area (Å²) in [7, 11) is 0. The minimum Gasteiger partial charge on any atom is -0.246 e. The van der Waals surface area contributed by atoms with E-state index in [4.69, 9.17) is 3.63 Å². The van der Waals surface area contributed by atoms with Gasteiger partial charge in [0, 0.05) is 24.1 Å². The summed E-state index contributed by atoms with van der Waals surface area (Å²) in [5.74, 6) is 0. The van der Waals surface area contributed by atoms with Gasteiger partial charge in [-0.1, -0.05) is 193 Å². The minimum atomic E-state index is 0.497. The van der Waals surface area contributed by atoms with Gasteiger partial charge in [0.1, 0.15) is 0 Å². The van der Waals surface area contributed by atoms with Gasteiger partial charge in [-0.05, 0) is 25.7 Å². The van der Waals surface area contributed by atoms with Gasteiger partial charge in [-0.3, -0.25) is 0 Å². The van der Waals surface area contributed by atoms with Crippen LogP contribution in [0, 0.1) is 0 Å². The molecule has 1 nitrogen and oxygen atoms in total. The lowest BCUT2D eigenvalue weighted by Crippen LogP contribution is -2.02. The van der Waals surface area contributed by atoms with E-state index in [1.54, 1.807) is 24.1 Å². The van der Waals surface area contributed by atoms with E-state index < -0.39 is 0 Å². The molecule has 0 aromatic rings. The van der Waals surface area contributed by atoms with Gasteiger partial charge in [-0.2, -0.15) is 0 Å². The van der Waals surface area contributed by atoms with Crippen molar-refractivity contribution in [3.05, 3.63) is 24.3 Å². The van der Waals surface area contributed by atoms with Crippen molar-refractivity contribution >= 4 is 24.1 Å². The maximum Gasteiger partial charge on any atom is 0.0503 e. The van der Waals surface area contributed by atoms with Crippen molar-refractivity contribution in [2.45, 2.75) is 205 Å². The Hall–Kier alpha value is 0.140. The number of rotatable bonds is 32. The van der Waals surface area contributed by atoms with Crippen LogP contribution in [-0.4, -0.2) is 10.5 Å². The van der Waals surface area contributed by atoms with Crippen LogP contribution in [0.1, 0.15) is 195 Å². The average molecular weight is 583 g/mol. The smallest absolute Gasteiger partial charge is 0.0503 e. The first-order chi connectivity index (χ1) is 19.3. The maximum absolute atomic E-state index is 6.27. The quantitative estimate of drug-likeness (QED) is 0.0443. The predicted octanol–water partition coefficient (Wildman–Crippen LogP) is 14.4. The Morgan fingerprint density at radius 1 is 0.410 bits per heavy atom. The fourth-order valence-electron chi connectivity index (χ4n) is 4.93. The Balaban J connectivity index is 4.40. The van der Waals surface area contributed by atoms with Crippen LogP contribution < -0.4 is 0 Å². The van der Waals surface area contributed by atoms with E-state index in [1.165, 1.54) is 167 Å². The fourth-order valence-corrected chi connectivity index (χ4v) is 6.79. The summed E-state index contributed by atoms with van der Waals surface area (Å²) >= 11 is 3.46. The highest BCUT2D eigenvalue weighted by atomic mass is 32.2. The number of allylic oxidation sites excluding steroid dienone is 2. The zero-order valence-electron chi connectivity index (χ0n) is 27.1. The largest absolute Gasteiger partial charge is 0.246 e. The van der Waals surface area contributed by atoms with Crippen LogP contribution in [-0.2, 0) is 3.63 Å². The van der Waals surface area contributed by atoms with E-state index in [0.29, 0.717) is 10.5 Å². The third kappa shape index (κ3) is 30.9. The van der Waals surface area contributed by atoms with E-state index in [2.05, 4.69) is 52.0 Å². The SMILES string of the molecule is CCCCC=CC(CCCCCCCCCCC)SOSC(C=CCCCC)CCCCCCCCCCC. The molecule has 0 aliphatic rings. The van der Waals surface area contributed by atoms with Crippen molar-refractivity contribution in [3.8, 4) is 0 Å². The molecule has 0 spiro atoms. The molecule has 0 aromatic carbocycles. The van der Waals surface area contributed by atoms with Crippen molar-refractivity contribution in [1.82, 2.24) is 0 Å². The highest BCUT2D eigenvalue weighted by Gasteiger charge is 2.11. The summed E-state index contributed by atoms with van der Waals surface area (Å²) < 4.78 is 6.27. The van der Waals surface area contributed by atoms with E-state index in [0.717, 1.165) is 0 Å². The molecule has 0 radical (unpaired) electrons. The van der Waals surface area contributed by atoms with Crippen LogP contribution in [0.2, 0.25) is 0 Å². The Labute approximate surface area is 256 Å². The molecule has 0 amide bonds. The van der Waals surface area contributed by atoms with Crippen molar-refractivity contribution < 1.29 is 3.63 Å². The summed E-state index contributed by atoms with van der Waals surface area (Å²) in [6, 6.07) is 0. The lowest BCUT2D eigenvalue weighted by molar-refractivity contribution is 0.556. The fraction of sp³-hybridized carbons (Fsp3) is 0.889. The minimum absolute atomic E-state index is 0.497. The highest BCUT2D eigenvalue weighted by Crippen LogP contribution is 2.31. The van der Waals surface area contributed by atoms with Gasteiger partial charge in [0.05, 0.1) is 10.5 Å². The Morgan fingerprint density at radius 2 is 0.718 bits per heavy atom. The van der Waals surface area contributed by atoms with Crippen molar-refractivity contribution in [3.63, 3.8) is 0 Å². The second kappa shape index (κ2) is 34.3. The van der Waals surface area contributed by atoms with Gasteiger partial charge in [0.2, 0.25) is 0 Å². The van der Waals surface area contributed by atoms with Crippen molar-refractivity contribution in [2.24, 2.45) is 0 Å². The monoisotopic (exact) mass is 582 g/mol. The van der Waals surface area contributed by atoms with Gasteiger partial charge in [-0.15, -0.1) is 0 Å². The molecule has 0 bridgehead atoms. The van der Waals surface area contributed by atoms with Gasteiger partial charge >= 0.3 is 0 Å². The highest BCUT2D eigenvalue weighted by molar-refractivity contribution is 8.08. The van der Waals surface area contributed by atoms with Gasteiger partial charge < -0.3 is 0 Å². The first-order valence-electron chi connectivity index (χ1n) is 17.6. The second-order valence-electron chi connectivity index (χ2n) is 11.7. The molecule has 0 aliphatic carbocycles. The zero-order chi connectivity index (χ0) is 28.5.